The van der Waals surface area contributed by atoms with Crippen molar-refractivity contribution in [2.75, 3.05) is 18.9 Å². The number of aryl methyl sites for hydroxylation is 2. The number of nitrogens with zero attached hydrogens (tertiary/aromatic N) is 1. The predicted molar refractivity (Wildman–Crippen MR) is 93.6 cm³/mol. The van der Waals surface area contributed by atoms with Crippen LogP contribution in [0.15, 0.2) is 12.1 Å². The van der Waals surface area contributed by atoms with E-state index >= 15 is 0 Å². The van der Waals surface area contributed by atoms with Crippen molar-refractivity contribution in [3.05, 3.63) is 29.0 Å². The summed E-state index contributed by atoms with van der Waals surface area (Å²) in [7, 11) is 0. The minimum absolute atomic E-state index is 0.00187. The van der Waals surface area contributed by atoms with Gasteiger partial charge in [0.2, 0.25) is 0 Å². The van der Waals surface area contributed by atoms with Gasteiger partial charge in [-0.05, 0) is 25.0 Å². The fourth-order valence-corrected chi connectivity index (χ4v) is 2.55. The first kappa shape index (κ1) is 18.0. The summed E-state index contributed by atoms with van der Waals surface area (Å²) >= 11 is 0. The molecule has 0 saturated heterocycles. The summed E-state index contributed by atoms with van der Waals surface area (Å²) in [4.78, 5) is 15.9. The van der Waals surface area contributed by atoms with Crippen molar-refractivity contribution >= 4 is 22.6 Å². The number of fused-ring (bicyclic) bond motifs is 1. The number of aliphatic hydroxyl groups excluding tert-OH is 1. The molecule has 0 aliphatic carbocycles. The topological polar surface area (TPSA) is 106 Å². The van der Waals surface area contributed by atoms with Crippen LogP contribution in [-0.4, -0.2) is 34.4 Å². The molecule has 6 nitrogen and oxygen atoms in total. The summed E-state index contributed by atoms with van der Waals surface area (Å²) in [5, 5.41) is 19.4. The number of pyridine rings is 1. The van der Waals surface area contributed by atoms with E-state index in [0.29, 0.717) is 28.8 Å². The molecule has 4 N–H and O–H groups in total. The van der Waals surface area contributed by atoms with E-state index in [0.717, 1.165) is 5.56 Å². The van der Waals surface area contributed by atoms with E-state index in [9.17, 15) is 15.0 Å². The molecule has 0 bridgehead atoms. The van der Waals surface area contributed by atoms with Gasteiger partial charge >= 0.3 is 5.97 Å². The molecule has 130 valence electrons. The maximum absolute atomic E-state index is 11.5. The molecule has 0 unspecified atom stereocenters. The summed E-state index contributed by atoms with van der Waals surface area (Å²) in [6.45, 7) is 7.65. The molecule has 1 heterocycles. The maximum atomic E-state index is 11.5. The Balaban J connectivity index is 2.70. The van der Waals surface area contributed by atoms with Crippen LogP contribution < -0.4 is 10.5 Å². The first-order valence-corrected chi connectivity index (χ1v) is 7.90. The number of carboxylic acid groups (broad SMARTS) is 1. The summed E-state index contributed by atoms with van der Waals surface area (Å²) in [5.41, 5.74) is 7.81. The molecule has 1 aromatic carbocycles. The van der Waals surface area contributed by atoms with Crippen molar-refractivity contribution < 1.29 is 19.7 Å². The highest BCUT2D eigenvalue weighted by atomic mass is 16.5. The fraction of sp³-hybridized carbons (Fsp3) is 0.444. The third-order valence-electron chi connectivity index (χ3n) is 4.04. The van der Waals surface area contributed by atoms with Gasteiger partial charge in [0.15, 0.2) is 0 Å². The van der Waals surface area contributed by atoms with Crippen molar-refractivity contribution in [1.29, 1.82) is 0 Å². The van der Waals surface area contributed by atoms with Crippen LogP contribution in [0.1, 0.15) is 42.4 Å². The zero-order valence-electron chi connectivity index (χ0n) is 14.5. The molecule has 1 aromatic heterocycles. The van der Waals surface area contributed by atoms with E-state index < -0.39 is 11.4 Å². The maximum Gasteiger partial charge on any atom is 0.339 e. The Labute approximate surface area is 141 Å². The molecule has 0 fully saturated rings. The average Bonchev–Trinajstić information content (AvgIpc) is 2.51. The van der Waals surface area contributed by atoms with Crippen molar-refractivity contribution in [3.63, 3.8) is 0 Å². The Morgan fingerprint density at radius 2 is 2.04 bits per heavy atom. The molecule has 0 aliphatic rings. The Kier molecular flexibility index (Phi) is 4.99. The van der Waals surface area contributed by atoms with Crippen LogP contribution in [0.2, 0.25) is 0 Å². The monoisotopic (exact) mass is 332 g/mol. The number of aromatic carboxylic acids is 1. The van der Waals surface area contributed by atoms with Crippen LogP contribution in [0.25, 0.3) is 10.9 Å². The van der Waals surface area contributed by atoms with Crippen molar-refractivity contribution in [3.8, 4) is 5.75 Å². The zero-order valence-corrected chi connectivity index (χ0v) is 14.5. The lowest BCUT2D eigenvalue weighted by Crippen LogP contribution is -2.25. The van der Waals surface area contributed by atoms with Gasteiger partial charge in [0.1, 0.15) is 11.3 Å². The van der Waals surface area contributed by atoms with E-state index in [1.54, 1.807) is 6.92 Å². The largest absolute Gasteiger partial charge is 0.492 e. The number of hydrogen-bond donors (Lipinski definition) is 3. The first-order valence-electron chi connectivity index (χ1n) is 7.90. The molecule has 6 heteroatoms. The van der Waals surface area contributed by atoms with Gasteiger partial charge in [-0.3, -0.25) is 4.98 Å². The first-order chi connectivity index (χ1) is 11.2. The number of aromatic nitrogens is 1. The molecule has 2 rings (SSSR count). The summed E-state index contributed by atoms with van der Waals surface area (Å²) < 4.78 is 5.98. The minimum Gasteiger partial charge on any atom is -0.492 e. The second-order valence-corrected chi connectivity index (χ2v) is 6.70. The predicted octanol–water partition coefficient (Wildman–Crippen LogP) is 2.78. The van der Waals surface area contributed by atoms with Crippen LogP contribution >= 0.6 is 0 Å². The van der Waals surface area contributed by atoms with E-state index in [2.05, 4.69) is 4.98 Å². The molecular formula is C18H24N2O4. The van der Waals surface area contributed by atoms with Gasteiger partial charge in [-0.1, -0.05) is 26.8 Å². The Morgan fingerprint density at radius 1 is 1.38 bits per heavy atom. The second kappa shape index (κ2) is 6.65. The van der Waals surface area contributed by atoms with Crippen molar-refractivity contribution in [1.82, 2.24) is 4.98 Å². The summed E-state index contributed by atoms with van der Waals surface area (Å²) in [5.74, 6) is -0.563. The lowest BCUT2D eigenvalue weighted by Gasteiger charge is -2.24. The molecule has 0 spiro atoms. The number of aliphatic hydroxyl groups is 1. The average molecular weight is 332 g/mol. The molecule has 0 amide bonds. The molecule has 0 radical (unpaired) electrons. The number of carboxylic acids is 1. The van der Waals surface area contributed by atoms with Gasteiger partial charge in [0.25, 0.3) is 0 Å². The van der Waals surface area contributed by atoms with E-state index in [1.807, 2.05) is 32.9 Å². The highest BCUT2D eigenvalue weighted by molar-refractivity contribution is 6.07. The number of nitrogens with two attached hydrogens (primary N) is 1. The van der Waals surface area contributed by atoms with Gasteiger partial charge in [-0.2, -0.15) is 0 Å². The number of nitrogen functional groups attached to an aromatic ring is 1. The minimum atomic E-state index is -1.11. The molecular weight excluding hydrogens is 308 g/mol. The van der Waals surface area contributed by atoms with Crippen LogP contribution in [0, 0.1) is 12.3 Å². The van der Waals surface area contributed by atoms with Crippen LogP contribution in [0.3, 0.4) is 0 Å². The number of anilines is 1. The van der Waals surface area contributed by atoms with Gasteiger partial charge in [0.05, 0.1) is 35.5 Å². The van der Waals surface area contributed by atoms with Gasteiger partial charge < -0.3 is 20.7 Å². The van der Waals surface area contributed by atoms with Crippen LogP contribution in [0.4, 0.5) is 5.69 Å². The van der Waals surface area contributed by atoms with Crippen LogP contribution in [-0.2, 0) is 6.42 Å². The van der Waals surface area contributed by atoms with Crippen LogP contribution in [0.5, 0.6) is 5.75 Å². The van der Waals surface area contributed by atoms with E-state index in [4.69, 9.17) is 10.5 Å². The molecule has 0 atom stereocenters. The molecule has 2 aromatic rings. The molecule has 0 saturated carbocycles. The number of carbonyl (C=O) groups is 1. The Hall–Kier alpha value is -2.34. The Bertz CT molecular complexity index is 784. The number of hydrogen-bond acceptors (Lipinski definition) is 5. The number of rotatable bonds is 6. The highest BCUT2D eigenvalue weighted by Crippen LogP contribution is 2.37. The smallest absolute Gasteiger partial charge is 0.339 e. The quantitative estimate of drug-likeness (QED) is 0.751. The standard InChI is InChI=1S/C18H24N2O4/c1-5-11-6-7-12-14(16(11)24-9-18(3,4)8-21)15(19)13(17(22)23)10(2)20-12/h6-7,21H,5,8-9H2,1-4H3,(H2,19,20)(H,22,23). The van der Waals surface area contributed by atoms with Crippen molar-refractivity contribution in [2.24, 2.45) is 5.41 Å². The highest BCUT2D eigenvalue weighted by Gasteiger charge is 2.23. The second-order valence-electron chi connectivity index (χ2n) is 6.70. The SMILES string of the molecule is CCc1ccc2nc(C)c(C(=O)O)c(N)c2c1OCC(C)(C)CO. The summed E-state index contributed by atoms with van der Waals surface area (Å²) in [6.07, 6.45) is 0.709. The van der Waals surface area contributed by atoms with Crippen molar-refractivity contribution in [2.45, 2.75) is 34.1 Å². The lowest BCUT2D eigenvalue weighted by atomic mass is 9.96. The third kappa shape index (κ3) is 3.28. The molecule has 24 heavy (non-hydrogen) atoms. The number of ether oxygens (including phenoxy) is 1. The fourth-order valence-electron chi connectivity index (χ4n) is 2.55. The van der Waals surface area contributed by atoms with E-state index in [1.165, 1.54) is 0 Å². The van der Waals surface area contributed by atoms with E-state index in [-0.39, 0.29) is 24.5 Å². The van der Waals surface area contributed by atoms with Gasteiger partial charge in [-0.25, -0.2) is 4.79 Å². The normalized spacial score (nSPS) is 11.7. The zero-order chi connectivity index (χ0) is 18.1. The third-order valence-corrected chi connectivity index (χ3v) is 4.04. The van der Waals surface area contributed by atoms with Gasteiger partial charge in [0, 0.05) is 5.41 Å². The summed E-state index contributed by atoms with van der Waals surface area (Å²) in [6, 6.07) is 3.74. The number of benzene rings is 1. The Morgan fingerprint density at radius 3 is 2.58 bits per heavy atom. The van der Waals surface area contributed by atoms with Gasteiger partial charge in [-0.15, -0.1) is 0 Å². The molecule has 0 aliphatic heterocycles. The lowest BCUT2D eigenvalue weighted by molar-refractivity contribution is 0.0697.